The van der Waals surface area contributed by atoms with E-state index in [1.807, 2.05) is 0 Å². The normalized spacial score (nSPS) is 11.5. The molecule has 0 aliphatic rings. The second-order valence-corrected chi connectivity index (χ2v) is 5.27. The van der Waals surface area contributed by atoms with Gasteiger partial charge in [0.15, 0.2) is 0 Å². The summed E-state index contributed by atoms with van der Waals surface area (Å²) in [5.41, 5.74) is 2.47. The monoisotopic (exact) mass is 236 g/mol. The highest BCUT2D eigenvalue weighted by molar-refractivity contribution is 5.44. The highest BCUT2D eigenvalue weighted by atomic mass is 16.2. The van der Waals surface area contributed by atoms with E-state index < -0.39 is 0 Å². The number of aliphatic hydroxyl groups is 1. The Kier molecular flexibility index (Phi) is 5.45. The smallest absolute Gasteiger partial charge is 0.0471 e. The molecular weight excluding hydrogens is 212 g/mol. The highest BCUT2D eigenvalue weighted by Crippen LogP contribution is 2.09. The summed E-state index contributed by atoms with van der Waals surface area (Å²) in [7, 11) is 0. The molecule has 0 fully saturated rings. The lowest BCUT2D eigenvalue weighted by molar-refractivity contribution is 0.299. The van der Waals surface area contributed by atoms with Crippen molar-refractivity contribution in [3.05, 3.63) is 29.8 Å². The van der Waals surface area contributed by atoms with Crippen LogP contribution in [0.2, 0.25) is 0 Å². The van der Waals surface area contributed by atoms with E-state index in [4.69, 9.17) is 5.11 Å². The van der Waals surface area contributed by atoms with Crippen LogP contribution < -0.4 is 10.6 Å². The first-order chi connectivity index (χ1) is 8.01. The third-order valence-corrected chi connectivity index (χ3v) is 2.46. The SMILES string of the molecule is CC(C)(C)NCCNc1ccc(CCO)cc1. The van der Waals surface area contributed by atoms with Crippen molar-refractivity contribution in [1.29, 1.82) is 0 Å². The third-order valence-electron chi connectivity index (χ3n) is 2.46. The maximum absolute atomic E-state index is 8.81. The van der Waals surface area contributed by atoms with Crippen molar-refractivity contribution in [3.63, 3.8) is 0 Å². The van der Waals surface area contributed by atoms with E-state index in [1.54, 1.807) is 0 Å². The standard InChI is InChI=1S/C14H24N2O/c1-14(2,3)16-10-9-15-13-6-4-12(5-7-13)8-11-17/h4-7,15-17H,8-11H2,1-3H3. The van der Waals surface area contributed by atoms with Crippen molar-refractivity contribution in [2.75, 3.05) is 25.0 Å². The molecule has 1 rings (SSSR count). The Morgan fingerprint density at radius 3 is 2.24 bits per heavy atom. The van der Waals surface area contributed by atoms with Crippen molar-refractivity contribution in [2.24, 2.45) is 0 Å². The second-order valence-electron chi connectivity index (χ2n) is 5.27. The number of benzene rings is 1. The zero-order chi connectivity index (χ0) is 12.7. The van der Waals surface area contributed by atoms with Crippen LogP contribution in [0.25, 0.3) is 0 Å². The average Bonchev–Trinajstić information content (AvgIpc) is 2.26. The van der Waals surface area contributed by atoms with Crippen LogP contribution in [0, 0.1) is 0 Å². The number of nitrogens with one attached hydrogen (secondary N) is 2. The van der Waals surface area contributed by atoms with Gasteiger partial charge in [0, 0.05) is 30.9 Å². The molecule has 0 atom stereocenters. The average molecular weight is 236 g/mol. The molecule has 17 heavy (non-hydrogen) atoms. The van der Waals surface area contributed by atoms with Crippen molar-refractivity contribution in [1.82, 2.24) is 5.32 Å². The number of rotatable bonds is 6. The largest absolute Gasteiger partial charge is 0.396 e. The lowest BCUT2D eigenvalue weighted by Gasteiger charge is -2.20. The Balaban J connectivity index is 2.27. The zero-order valence-electron chi connectivity index (χ0n) is 11.1. The Labute approximate surface area is 104 Å². The van der Waals surface area contributed by atoms with Crippen LogP contribution in [0.15, 0.2) is 24.3 Å². The Morgan fingerprint density at radius 2 is 1.71 bits per heavy atom. The molecule has 0 bridgehead atoms. The molecule has 0 saturated carbocycles. The van der Waals surface area contributed by atoms with Crippen LogP contribution in [0.4, 0.5) is 5.69 Å². The van der Waals surface area contributed by atoms with Crippen molar-refractivity contribution in [3.8, 4) is 0 Å². The molecule has 0 saturated heterocycles. The molecule has 0 aliphatic heterocycles. The first-order valence-corrected chi connectivity index (χ1v) is 6.20. The molecule has 0 amide bonds. The fraction of sp³-hybridized carbons (Fsp3) is 0.571. The van der Waals surface area contributed by atoms with Gasteiger partial charge in [-0.15, -0.1) is 0 Å². The summed E-state index contributed by atoms with van der Waals surface area (Å²) in [6.45, 7) is 8.56. The van der Waals surface area contributed by atoms with Crippen LogP contribution in [-0.2, 0) is 6.42 Å². The predicted octanol–water partition coefficient (Wildman–Crippen LogP) is 2.02. The molecule has 0 aromatic heterocycles. The van der Waals surface area contributed by atoms with Gasteiger partial charge in [0.25, 0.3) is 0 Å². The van der Waals surface area contributed by atoms with Crippen LogP contribution in [0.5, 0.6) is 0 Å². The molecule has 0 aliphatic carbocycles. The lowest BCUT2D eigenvalue weighted by atomic mass is 10.1. The van der Waals surface area contributed by atoms with Crippen LogP contribution in [0.3, 0.4) is 0 Å². The van der Waals surface area contributed by atoms with Crippen molar-refractivity contribution >= 4 is 5.69 Å². The number of hydrogen-bond donors (Lipinski definition) is 3. The van der Waals surface area contributed by atoms with E-state index in [2.05, 4.69) is 55.7 Å². The summed E-state index contributed by atoms with van der Waals surface area (Å²) in [6, 6.07) is 8.22. The van der Waals surface area contributed by atoms with Crippen LogP contribution >= 0.6 is 0 Å². The summed E-state index contributed by atoms with van der Waals surface area (Å²) in [6.07, 6.45) is 0.728. The summed E-state index contributed by atoms with van der Waals surface area (Å²) in [5, 5.41) is 15.6. The van der Waals surface area contributed by atoms with Gasteiger partial charge in [-0.2, -0.15) is 0 Å². The topological polar surface area (TPSA) is 44.3 Å². The van der Waals surface area contributed by atoms with Crippen molar-refractivity contribution in [2.45, 2.75) is 32.7 Å². The molecular formula is C14H24N2O. The molecule has 96 valence electrons. The van der Waals surface area contributed by atoms with Gasteiger partial charge < -0.3 is 15.7 Å². The van der Waals surface area contributed by atoms with Gasteiger partial charge in [0.1, 0.15) is 0 Å². The molecule has 3 nitrogen and oxygen atoms in total. The number of aliphatic hydroxyl groups excluding tert-OH is 1. The third kappa shape index (κ3) is 6.29. The predicted molar refractivity (Wildman–Crippen MR) is 73.5 cm³/mol. The summed E-state index contributed by atoms with van der Waals surface area (Å²) >= 11 is 0. The minimum Gasteiger partial charge on any atom is -0.396 e. The molecule has 1 aromatic rings. The fourth-order valence-electron chi connectivity index (χ4n) is 1.56. The quantitative estimate of drug-likeness (QED) is 0.662. The number of anilines is 1. The van der Waals surface area contributed by atoms with Gasteiger partial charge in [-0.05, 0) is 44.9 Å². The van der Waals surface area contributed by atoms with E-state index >= 15 is 0 Å². The Morgan fingerprint density at radius 1 is 1.06 bits per heavy atom. The minimum absolute atomic E-state index is 0.173. The van der Waals surface area contributed by atoms with Gasteiger partial charge >= 0.3 is 0 Å². The molecule has 0 heterocycles. The van der Waals surface area contributed by atoms with Gasteiger partial charge in [0.05, 0.1) is 0 Å². The summed E-state index contributed by atoms with van der Waals surface area (Å²) in [4.78, 5) is 0. The van der Waals surface area contributed by atoms with Gasteiger partial charge in [-0.25, -0.2) is 0 Å². The van der Waals surface area contributed by atoms with E-state index in [9.17, 15) is 0 Å². The summed E-state index contributed by atoms with van der Waals surface area (Å²) < 4.78 is 0. The molecule has 3 N–H and O–H groups in total. The first kappa shape index (κ1) is 14.0. The lowest BCUT2D eigenvalue weighted by Crippen LogP contribution is -2.38. The van der Waals surface area contributed by atoms with Crippen LogP contribution in [0.1, 0.15) is 26.3 Å². The highest BCUT2D eigenvalue weighted by Gasteiger charge is 2.06. The maximum Gasteiger partial charge on any atom is 0.0471 e. The van der Waals surface area contributed by atoms with E-state index in [0.717, 1.165) is 25.2 Å². The molecule has 0 radical (unpaired) electrons. The van der Waals surface area contributed by atoms with Gasteiger partial charge in [-0.3, -0.25) is 0 Å². The first-order valence-electron chi connectivity index (χ1n) is 6.20. The Bertz CT molecular complexity index is 314. The molecule has 0 unspecified atom stereocenters. The fourth-order valence-corrected chi connectivity index (χ4v) is 1.56. The van der Waals surface area contributed by atoms with E-state index in [-0.39, 0.29) is 12.1 Å². The molecule has 3 heteroatoms. The minimum atomic E-state index is 0.173. The van der Waals surface area contributed by atoms with Gasteiger partial charge in [0.2, 0.25) is 0 Å². The second kappa shape index (κ2) is 6.62. The van der Waals surface area contributed by atoms with E-state index in [1.165, 1.54) is 5.56 Å². The number of hydrogen-bond acceptors (Lipinski definition) is 3. The molecule has 0 spiro atoms. The zero-order valence-corrected chi connectivity index (χ0v) is 11.1. The summed E-state index contributed by atoms with van der Waals surface area (Å²) in [5.74, 6) is 0. The van der Waals surface area contributed by atoms with Crippen LogP contribution in [-0.4, -0.2) is 30.3 Å². The maximum atomic E-state index is 8.81. The van der Waals surface area contributed by atoms with Gasteiger partial charge in [-0.1, -0.05) is 12.1 Å². The molecule has 1 aromatic carbocycles. The van der Waals surface area contributed by atoms with E-state index in [0.29, 0.717) is 0 Å². The van der Waals surface area contributed by atoms with Crippen molar-refractivity contribution < 1.29 is 5.11 Å². The Hall–Kier alpha value is -1.06.